The van der Waals surface area contributed by atoms with Gasteiger partial charge in [0.05, 0.1) is 19.5 Å². The highest BCUT2D eigenvalue weighted by molar-refractivity contribution is 5.91. The second-order valence-corrected chi connectivity index (χ2v) is 9.62. The quantitative estimate of drug-likeness (QED) is 0.600. The SMILES string of the molecule is O=C(c1ccco1)N1CC2CC(C1)c1ccc(-c3ccccc3CN3CCOCC3)c(=O)n1C2. The molecule has 34 heavy (non-hydrogen) atoms. The summed E-state index contributed by atoms with van der Waals surface area (Å²) in [7, 11) is 0. The Kier molecular flexibility index (Phi) is 5.59. The first-order valence-electron chi connectivity index (χ1n) is 12.1. The molecule has 0 radical (unpaired) electrons. The highest BCUT2D eigenvalue weighted by Gasteiger charge is 2.37. The molecular weight excluding hydrogens is 430 g/mol. The minimum atomic E-state index is -0.0656. The van der Waals surface area contributed by atoms with Crippen molar-refractivity contribution in [3.05, 3.63) is 82.2 Å². The molecule has 1 aromatic carbocycles. The van der Waals surface area contributed by atoms with Gasteiger partial charge in [-0.1, -0.05) is 24.3 Å². The normalized spacial score (nSPS) is 22.4. The van der Waals surface area contributed by atoms with E-state index in [1.807, 2.05) is 27.7 Å². The fourth-order valence-electron chi connectivity index (χ4n) is 5.79. The fraction of sp³-hybridized carbons (Fsp3) is 0.407. The van der Waals surface area contributed by atoms with Crippen LogP contribution < -0.4 is 5.56 Å². The third-order valence-corrected chi connectivity index (χ3v) is 7.43. The molecule has 1 amide bonds. The van der Waals surface area contributed by atoms with E-state index >= 15 is 0 Å². The largest absolute Gasteiger partial charge is 0.459 e. The van der Waals surface area contributed by atoms with Crippen LogP contribution in [0.2, 0.25) is 0 Å². The number of likely N-dealkylation sites (tertiary alicyclic amines) is 1. The highest BCUT2D eigenvalue weighted by Crippen LogP contribution is 2.36. The van der Waals surface area contributed by atoms with Crippen molar-refractivity contribution in [1.29, 1.82) is 0 Å². The average Bonchev–Trinajstić information content (AvgIpc) is 3.40. The Morgan fingerprint density at radius 3 is 2.62 bits per heavy atom. The van der Waals surface area contributed by atoms with Crippen molar-refractivity contribution in [2.24, 2.45) is 5.92 Å². The maximum absolute atomic E-state index is 13.7. The van der Waals surface area contributed by atoms with Gasteiger partial charge in [0.2, 0.25) is 0 Å². The zero-order valence-electron chi connectivity index (χ0n) is 19.2. The number of carbonyl (C=O) groups excluding carboxylic acids is 1. The lowest BCUT2D eigenvalue weighted by Gasteiger charge is -2.42. The van der Waals surface area contributed by atoms with Gasteiger partial charge in [-0.05, 0) is 47.7 Å². The van der Waals surface area contributed by atoms with Crippen LogP contribution in [0, 0.1) is 5.92 Å². The van der Waals surface area contributed by atoms with Crippen molar-refractivity contribution < 1.29 is 13.9 Å². The van der Waals surface area contributed by atoms with Gasteiger partial charge >= 0.3 is 0 Å². The number of aromatic nitrogens is 1. The smallest absolute Gasteiger partial charge is 0.289 e. The predicted molar refractivity (Wildman–Crippen MR) is 128 cm³/mol. The van der Waals surface area contributed by atoms with Gasteiger partial charge in [-0.2, -0.15) is 0 Å². The van der Waals surface area contributed by atoms with Gasteiger partial charge in [-0.25, -0.2) is 0 Å². The van der Waals surface area contributed by atoms with Crippen molar-refractivity contribution in [2.45, 2.75) is 25.4 Å². The van der Waals surface area contributed by atoms with Gasteiger partial charge in [-0.15, -0.1) is 0 Å². The van der Waals surface area contributed by atoms with Crippen molar-refractivity contribution in [1.82, 2.24) is 14.4 Å². The van der Waals surface area contributed by atoms with E-state index in [4.69, 9.17) is 9.15 Å². The summed E-state index contributed by atoms with van der Waals surface area (Å²) in [6.07, 6.45) is 2.54. The summed E-state index contributed by atoms with van der Waals surface area (Å²) in [4.78, 5) is 30.9. The van der Waals surface area contributed by atoms with E-state index in [9.17, 15) is 9.59 Å². The Balaban J connectivity index is 1.30. The van der Waals surface area contributed by atoms with E-state index in [2.05, 4.69) is 23.1 Å². The van der Waals surface area contributed by atoms with Crippen molar-refractivity contribution in [2.75, 3.05) is 39.4 Å². The van der Waals surface area contributed by atoms with E-state index in [0.29, 0.717) is 25.4 Å². The maximum atomic E-state index is 13.7. The second-order valence-electron chi connectivity index (χ2n) is 9.62. The Hall–Kier alpha value is -3.16. The van der Waals surface area contributed by atoms with Gasteiger partial charge in [0.15, 0.2) is 5.76 Å². The number of ether oxygens (including phenoxy) is 1. The van der Waals surface area contributed by atoms with E-state index < -0.39 is 0 Å². The van der Waals surface area contributed by atoms with E-state index in [0.717, 1.165) is 56.1 Å². The number of benzene rings is 1. The molecule has 0 N–H and O–H groups in total. The lowest BCUT2D eigenvalue weighted by Crippen LogP contribution is -2.49. The minimum Gasteiger partial charge on any atom is -0.459 e. The van der Waals surface area contributed by atoms with Gasteiger partial charge in [0.25, 0.3) is 11.5 Å². The summed E-state index contributed by atoms with van der Waals surface area (Å²) < 4.78 is 12.8. The summed E-state index contributed by atoms with van der Waals surface area (Å²) in [5.74, 6) is 0.743. The molecular formula is C27H29N3O4. The first-order valence-corrected chi connectivity index (χ1v) is 12.1. The molecule has 176 valence electrons. The zero-order valence-corrected chi connectivity index (χ0v) is 19.2. The second kappa shape index (κ2) is 8.89. The number of amides is 1. The van der Waals surface area contributed by atoms with Crippen LogP contribution in [0.4, 0.5) is 0 Å². The molecule has 2 unspecified atom stereocenters. The Bertz CT molecular complexity index is 1240. The number of furan rings is 1. The van der Waals surface area contributed by atoms with Crippen LogP contribution >= 0.6 is 0 Å². The molecule has 3 aliphatic rings. The highest BCUT2D eigenvalue weighted by atomic mass is 16.5. The molecule has 2 bridgehead atoms. The maximum Gasteiger partial charge on any atom is 0.289 e. The van der Waals surface area contributed by atoms with Crippen molar-refractivity contribution in [3.8, 4) is 11.1 Å². The fourth-order valence-corrected chi connectivity index (χ4v) is 5.79. The molecule has 7 heteroatoms. The number of hydrogen-bond donors (Lipinski definition) is 0. The number of nitrogens with zero attached hydrogens (tertiary/aromatic N) is 3. The van der Waals surface area contributed by atoms with Crippen LogP contribution in [0.25, 0.3) is 11.1 Å². The van der Waals surface area contributed by atoms with Gasteiger partial charge in [0, 0.05) is 56.4 Å². The molecule has 0 aliphatic carbocycles. The van der Waals surface area contributed by atoms with Gasteiger partial charge in [0.1, 0.15) is 0 Å². The number of pyridine rings is 1. The Morgan fingerprint density at radius 2 is 1.79 bits per heavy atom. The average molecular weight is 460 g/mol. The number of carbonyl (C=O) groups is 1. The summed E-state index contributed by atoms with van der Waals surface area (Å²) in [6.45, 7) is 6.06. The molecule has 0 spiro atoms. The summed E-state index contributed by atoms with van der Waals surface area (Å²) in [5.41, 5.74) is 4.06. The molecule has 2 aromatic heterocycles. The molecule has 3 aliphatic heterocycles. The van der Waals surface area contributed by atoms with Gasteiger partial charge in [-0.3, -0.25) is 14.5 Å². The van der Waals surface area contributed by atoms with Crippen LogP contribution in [0.1, 0.15) is 34.2 Å². The topological polar surface area (TPSA) is 67.9 Å². The summed E-state index contributed by atoms with van der Waals surface area (Å²) >= 11 is 0. The van der Waals surface area contributed by atoms with Crippen LogP contribution in [0.3, 0.4) is 0 Å². The molecule has 7 nitrogen and oxygen atoms in total. The summed E-state index contributed by atoms with van der Waals surface area (Å²) in [6, 6.07) is 15.8. The number of hydrogen-bond acceptors (Lipinski definition) is 5. The van der Waals surface area contributed by atoms with E-state index in [1.165, 1.54) is 11.8 Å². The van der Waals surface area contributed by atoms with Crippen molar-refractivity contribution in [3.63, 3.8) is 0 Å². The lowest BCUT2D eigenvalue weighted by molar-refractivity contribution is 0.0342. The van der Waals surface area contributed by atoms with E-state index in [1.54, 1.807) is 12.1 Å². The molecule has 6 rings (SSSR count). The third kappa shape index (κ3) is 3.89. The number of rotatable bonds is 4. The monoisotopic (exact) mass is 459 g/mol. The predicted octanol–water partition coefficient (Wildman–Crippen LogP) is 3.20. The number of piperidine rings is 1. The minimum absolute atomic E-state index is 0.0656. The summed E-state index contributed by atoms with van der Waals surface area (Å²) in [5, 5.41) is 0. The lowest BCUT2D eigenvalue weighted by atomic mass is 9.82. The van der Waals surface area contributed by atoms with Crippen LogP contribution in [-0.2, 0) is 17.8 Å². The molecule has 5 heterocycles. The zero-order chi connectivity index (χ0) is 23.1. The molecule has 3 aromatic rings. The Morgan fingerprint density at radius 1 is 0.941 bits per heavy atom. The van der Waals surface area contributed by atoms with Crippen molar-refractivity contribution >= 4 is 5.91 Å². The number of morpholine rings is 1. The third-order valence-electron chi connectivity index (χ3n) is 7.43. The van der Waals surface area contributed by atoms with E-state index in [-0.39, 0.29) is 23.3 Å². The first-order chi connectivity index (χ1) is 16.7. The Labute approximate surface area is 198 Å². The molecule has 2 fully saturated rings. The first kappa shape index (κ1) is 21.4. The van der Waals surface area contributed by atoms with Crippen LogP contribution in [0.5, 0.6) is 0 Å². The standard InChI is InChI=1S/C27H29N3O4/c31-26-23(22-5-2-1-4-20(22)17-28-9-12-33-13-10-28)7-8-24-21-14-19(16-30(24)26)15-29(18-21)27(32)25-6-3-11-34-25/h1-8,11,19,21H,9-10,12-18H2. The molecule has 2 saturated heterocycles. The molecule has 2 atom stereocenters. The van der Waals surface area contributed by atoms with Crippen LogP contribution in [-0.4, -0.2) is 59.7 Å². The van der Waals surface area contributed by atoms with Crippen LogP contribution in [0.15, 0.2) is 64.0 Å². The number of fused-ring (bicyclic) bond motifs is 4. The van der Waals surface area contributed by atoms with Gasteiger partial charge < -0.3 is 18.6 Å². The molecule has 0 saturated carbocycles.